The Bertz CT molecular complexity index is 608. The zero-order chi connectivity index (χ0) is 17.1. The van der Waals surface area contributed by atoms with Gasteiger partial charge in [0.25, 0.3) is 5.91 Å². The molecule has 1 saturated carbocycles. The summed E-state index contributed by atoms with van der Waals surface area (Å²) in [5.41, 5.74) is 0.375. The Morgan fingerprint density at radius 3 is 2.58 bits per heavy atom. The van der Waals surface area contributed by atoms with Gasteiger partial charge in [-0.25, -0.2) is 4.39 Å². The predicted octanol–water partition coefficient (Wildman–Crippen LogP) is 3.53. The first-order valence-electron chi connectivity index (χ1n) is 8.46. The van der Waals surface area contributed by atoms with Crippen LogP contribution in [-0.4, -0.2) is 36.5 Å². The smallest absolute Gasteiger partial charge is 0.310 e. The summed E-state index contributed by atoms with van der Waals surface area (Å²) in [6.45, 7) is 1.23. The highest BCUT2D eigenvalue weighted by Crippen LogP contribution is 2.51. The van der Waals surface area contributed by atoms with Gasteiger partial charge >= 0.3 is 5.97 Å². The molecule has 6 heteroatoms. The zero-order valence-corrected chi connectivity index (χ0v) is 14.2. The Kier molecular flexibility index (Phi) is 5.39. The topological polar surface area (TPSA) is 46.6 Å². The molecule has 2 fully saturated rings. The Hall–Kier alpha value is -1.62. The summed E-state index contributed by atoms with van der Waals surface area (Å²) in [6, 6.07) is 4.49. The predicted molar refractivity (Wildman–Crippen MR) is 88.3 cm³/mol. The number of hydrogen-bond acceptors (Lipinski definition) is 3. The number of rotatable bonds is 4. The summed E-state index contributed by atoms with van der Waals surface area (Å²) in [6.07, 6.45) is 4.77. The van der Waals surface area contributed by atoms with E-state index in [0.717, 1.165) is 38.8 Å². The number of halogens is 2. The fourth-order valence-corrected chi connectivity index (χ4v) is 3.59. The molecule has 3 rings (SSSR count). The second kappa shape index (κ2) is 7.51. The molecule has 0 aromatic heterocycles. The summed E-state index contributed by atoms with van der Waals surface area (Å²) >= 11 is 6.03. The summed E-state index contributed by atoms with van der Waals surface area (Å²) < 4.78 is 19.0. The minimum Gasteiger partial charge on any atom is -0.455 e. The lowest BCUT2D eigenvalue weighted by Crippen LogP contribution is -2.35. The second-order valence-corrected chi connectivity index (χ2v) is 6.89. The Morgan fingerprint density at radius 1 is 1.21 bits per heavy atom. The van der Waals surface area contributed by atoms with E-state index in [-0.39, 0.29) is 18.4 Å². The molecular weight excluding hydrogens is 333 g/mol. The molecule has 4 nitrogen and oxygen atoms in total. The summed E-state index contributed by atoms with van der Waals surface area (Å²) in [4.78, 5) is 26.0. The number of hydrogen-bond donors (Lipinski definition) is 0. The first-order chi connectivity index (χ1) is 11.6. The van der Waals surface area contributed by atoms with Crippen LogP contribution >= 0.6 is 11.6 Å². The molecule has 1 amide bonds. The van der Waals surface area contributed by atoms with Gasteiger partial charge in [0.05, 0.1) is 5.92 Å². The monoisotopic (exact) mass is 353 g/mol. The molecule has 1 aromatic rings. The number of carbonyl (C=O) groups excluding carboxylic acids is 2. The van der Waals surface area contributed by atoms with Crippen molar-refractivity contribution in [3.05, 3.63) is 34.6 Å². The van der Waals surface area contributed by atoms with Crippen LogP contribution in [0.1, 0.15) is 43.6 Å². The molecule has 0 radical (unpaired) electrons. The van der Waals surface area contributed by atoms with E-state index in [1.165, 1.54) is 12.1 Å². The fourth-order valence-electron chi connectivity index (χ4n) is 3.29. The van der Waals surface area contributed by atoms with Crippen LogP contribution in [0.25, 0.3) is 0 Å². The van der Waals surface area contributed by atoms with Crippen LogP contribution in [0.4, 0.5) is 4.39 Å². The molecule has 0 bridgehead atoms. The number of nitrogens with zero attached hydrogens (tertiary/aromatic N) is 1. The molecule has 0 spiro atoms. The molecule has 1 aliphatic heterocycles. The Labute approximate surface area is 145 Å². The molecule has 1 heterocycles. The van der Waals surface area contributed by atoms with Gasteiger partial charge in [0, 0.05) is 29.6 Å². The normalized spacial score (nSPS) is 23.5. The van der Waals surface area contributed by atoms with E-state index in [9.17, 15) is 14.0 Å². The highest BCUT2D eigenvalue weighted by Gasteiger charge is 2.47. The third-order valence-electron chi connectivity index (χ3n) is 4.76. The van der Waals surface area contributed by atoms with Gasteiger partial charge in [-0.15, -0.1) is 0 Å². The number of ether oxygens (including phenoxy) is 1. The van der Waals surface area contributed by atoms with E-state index in [1.54, 1.807) is 11.0 Å². The lowest BCUT2D eigenvalue weighted by Gasteiger charge is -2.19. The van der Waals surface area contributed by atoms with Crippen molar-refractivity contribution in [2.45, 2.75) is 38.0 Å². The van der Waals surface area contributed by atoms with Crippen molar-refractivity contribution in [2.24, 2.45) is 5.92 Å². The fraction of sp³-hybridized carbons (Fsp3) is 0.556. The van der Waals surface area contributed by atoms with Crippen LogP contribution in [0.5, 0.6) is 0 Å². The van der Waals surface area contributed by atoms with Gasteiger partial charge in [-0.3, -0.25) is 9.59 Å². The number of carbonyl (C=O) groups is 2. The van der Waals surface area contributed by atoms with E-state index in [0.29, 0.717) is 17.0 Å². The molecule has 1 aliphatic carbocycles. The molecule has 2 atom stereocenters. The second-order valence-electron chi connectivity index (χ2n) is 6.49. The molecule has 1 aromatic carbocycles. The van der Waals surface area contributed by atoms with E-state index >= 15 is 0 Å². The van der Waals surface area contributed by atoms with Crippen molar-refractivity contribution in [1.29, 1.82) is 0 Å². The van der Waals surface area contributed by atoms with Crippen molar-refractivity contribution >= 4 is 23.5 Å². The number of likely N-dealkylation sites (tertiary alicyclic amines) is 1. The third kappa shape index (κ3) is 3.89. The van der Waals surface area contributed by atoms with Gasteiger partial charge in [-0.1, -0.05) is 30.5 Å². The van der Waals surface area contributed by atoms with E-state index in [2.05, 4.69) is 0 Å². The Morgan fingerprint density at radius 2 is 1.92 bits per heavy atom. The minimum absolute atomic E-state index is 0.147. The largest absolute Gasteiger partial charge is 0.455 e. The maximum absolute atomic E-state index is 13.9. The number of amides is 1. The number of benzene rings is 1. The highest BCUT2D eigenvalue weighted by atomic mass is 35.5. The van der Waals surface area contributed by atoms with Crippen molar-refractivity contribution in [3.63, 3.8) is 0 Å². The lowest BCUT2D eigenvalue weighted by atomic mass is 10.1. The quantitative estimate of drug-likeness (QED) is 0.778. The third-order valence-corrected chi connectivity index (χ3v) is 5.09. The van der Waals surface area contributed by atoms with Crippen molar-refractivity contribution in [3.8, 4) is 0 Å². The van der Waals surface area contributed by atoms with E-state index < -0.39 is 17.7 Å². The maximum atomic E-state index is 13.9. The van der Waals surface area contributed by atoms with Gasteiger partial charge in [0.15, 0.2) is 6.61 Å². The van der Waals surface area contributed by atoms with Crippen molar-refractivity contribution in [2.75, 3.05) is 19.7 Å². The molecule has 24 heavy (non-hydrogen) atoms. The highest BCUT2D eigenvalue weighted by molar-refractivity contribution is 6.31. The maximum Gasteiger partial charge on any atom is 0.310 e. The van der Waals surface area contributed by atoms with Crippen LogP contribution in [0, 0.1) is 11.7 Å². The summed E-state index contributed by atoms with van der Waals surface area (Å²) in [5, 5.41) is 0.330. The van der Waals surface area contributed by atoms with Gasteiger partial charge in [0.2, 0.25) is 0 Å². The van der Waals surface area contributed by atoms with Gasteiger partial charge in [-0.2, -0.15) is 0 Å². The summed E-state index contributed by atoms with van der Waals surface area (Å²) in [5.74, 6) is -1.65. The van der Waals surface area contributed by atoms with E-state index in [1.807, 2.05) is 0 Å². The molecule has 1 saturated heterocycles. The molecule has 2 aliphatic rings. The van der Waals surface area contributed by atoms with Crippen LogP contribution in [0.2, 0.25) is 5.02 Å². The van der Waals surface area contributed by atoms with Gasteiger partial charge < -0.3 is 9.64 Å². The lowest BCUT2D eigenvalue weighted by molar-refractivity contribution is -0.153. The summed E-state index contributed by atoms with van der Waals surface area (Å²) in [7, 11) is 0. The molecule has 130 valence electrons. The minimum atomic E-state index is -0.442. The Balaban J connectivity index is 1.51. The van der Waals surface area contributed by atoms with Gasteiger partial charge in [0.1, 0.15) is 5.82 Å². The average Bonchev–Trinajstić information content (AvgIpc) is 3.36. The van der Waals surface area contributed by atoms with Crippen LogP contribution in [-0.2, 0) is 14.3 Å². The molecular formula is C18H21ClFNO3. The first kappa shape index (κ1) is 17.2. The van der Waals surface area contributed by atoms with Crippen LogP contribution in [0.3, 0.4) is 0 Å². The molecule has 0 N–H and O–H groups in total. The standard InChI is InChI=1S/C18H21ClFNO3/c19-14-6-5-7-15(20)17(14)12-10-13(12)18(23)24-11-16(22)21-8-3-1-2-4-9-21/h5-7,12-13H,1-4,8-11H2/t12-,13+/m0/s1. The average molecular weight is 354 g/mol. The van der Waals surface area contributed by atoms with Crippen molar-refractivity contribution < 1.29 is 18.7 Å². The van der Waals surface area contributed by atoms with E-state index in [4.69, 9.17) is 16.3 Å². The number of esters is 1. The van der Waals surface area contributed by atoms with Crippen LogP contribution < -0.4 is 0 Å². The van der Waals surface area contributed by atoms with Gasteiger partial charge in [-0.05, 0) is 31.4 Å². The first-order valence-corrected chi connectivity index (χ1v) is 8.84. The zero-order valence-electron chi connectivity index (χ0n) is 13.5. The SMILES string of the molecule is O=C(OCC(=O)N1CCCCCC1)[C@@H]1C[C@@H]1c1c(F)cccc1Cl. The van der Waals surface area contributed by atoms with Crippen molar-refractivity contribution in [1.82, 2.24) is 4.90 Å². The molecule has 0 unspecified atom stereocenters. The van der Waals surface area contributed by atoms with Crippen LogP contribution in [0.15, 0.2) is 18.2 Å².